The van der Waals surface area contributed by atoms with Gasteiger partial charge in [0, 0.05) is 11.1 Å². The molecule has 0 amide bonds. The highest BCUT2D eigenvalue weighted by molar-refractivity contribution is 5.96. The Hall–Kier alpha value is -2.01. The van der Waals surface area contributed by atoms with E-state index in [-0.39, 0.29) is 5.78 Å². The summed E-state index contributed by atoms with van der Waals surface area (Å²) in [5, 5.41) is 11.0. The predicted octanol–water partition coefficient (Wildman–Crippen LogP) is 2.58. The smallest absolute Gasteiger partial charge is 0.243 e. The Kier molecular flexibility index (Phi) is 4.81. The quantitative estimate of drug-likeness (QED) is 0.678. The fourth-order valence-corrected chi connectivity index (χ4v) is 3.40. The molecule has 1 unspecified atom stereocenters. The molecule has 0 spiro atoms. The van der Waals surface area contributed by atoms with Crippen molar-refractivity contribution in [2.24, 2.45) is 0 Å². The number of ether oxygens (including phenoxy) is 1. The van der Waals surface area contributed by atoms with E-state index >= 15 is 0 Å². The predicted molar refractivity (Wildman–Crippen MR) is 92.5 cm³/mol. The van der Waals surface area contributed by atoms with E-state index in [0.717, 1.165) is 24.2 Å². The summed E-state index contributed by atoms with van der Waals surface area (Å²) in [7, 11) is 0. The van der Waals surface area contributed by atoms with Crippen molar-refractivity contribution < 1.29 is 19.1 Å². The van der Waals surface area contributed by atoms with Crippen molar-refractivity contribution in [3.63, 3.8) is 0 Å². The number of hydrogen-bond donors (Lipinski definition) is 1. The summed E-state index contributed by atoms with van der Waals surface area (Å²) in [6.07, 6.45) is 0. The lowest BCUT2D eigenvalue weighted by molar-refractivity contribution is -0.939. The molecule has 4 nitrogen and oxygen atoms in total. The number of quaternary nitrogens is 1. The van der Waals surface area contributed by atoms with E-state index in [2.05, 4.69) is 6.92 Å². The maximum Gasteiger partial charge on any atom is 0.243 e. The third kappa shape index (κ3) is 3.41. The molecule has 2 aromatic carbocycles. The molecule has 0 aliphatic carbocycles. The molecule has 126 valence electrons. The first-order valence-corrected chi connectivity index (χ1v) is 8.42. The van der Waals surface area contributed by atoms with Crippen LogP contribution in [0.1, 0.15) is 22.8 Å². The number of nitrogens with zero attached hydrogens (tertiary/aromatic N) is 1. The highest BCUT2D eigenvalue weighted by Crippen LogP contribution is 2.31. The molecule has 1 aliphatic rings. The molecule has 4 heteroatoms. The average Bonchev–Trinajstić information content (AvgIpc) is 2.63. The van der Waals surface area contributed by atoms with Gasteiger partial charge in [-0.2, -0.15) is 0 Å². The van der Waals surface area contributed by atoms with Gasteiger partial charge >= 0.3 is 0 Å². The lowest BCUT2D eigenvalue weighted by atomic mass is 10.0. The van der Waals surface area contributed by atoms with E-state index < -0.39 is 5.79 Å². The first kappa shape index (κ1) is 16.8. The molecule has 1 saturated heterocycles. The minimum atomic E-state index is -1.34. The third-order valence-corrected chi connectivity index (χ3v) is 4.93. The van der Waals surface area contributed by atoms with Crippen LogP contribution < -0.4 is 0 Å². The molecular formula is C20H24NO3+. The number of carbonyl (C=O) groups excluding carboxylic acids is 1. The van der Waals surface area contributed by atoms with Crippen LogP contribution in [0.4, 0.5) is 0 Å². The van der Waals surface area contributed by atoms with Crippen molar-refractivity contribution in [1.82, 2.24) is 0 Å². The standard InChI is InChI=1S/C20H24NO3/c1-2-21(15-19(22)17-9-5-3-6-10-17)13-14-24-20(23,16-21)18-11-7-4-8-12-18/h3-12,23H,2,13-16H2,1H3/q+1/t20-,21?/m0/s1. The molecule has 0 aromatic heterocycles. The summed E-state index contributed by atoms with van der Waals surface area (Å²) in [5.74, 6) is -1.23. The second-order valence-corrected chi connectivity index (χ2v) is 6.49. The summed E-state index contributed by atoms with van der Waals surface area (Å²) in [4.78, 5) is 12.7. The van der Waals surface area contributed by atoms with E-state index in [0.29, 0.717) is 24.2 Å². The normalized spacial score (nSPS) is 26.9. The molecular weight excluding hydrogens is 302 g/mol. The minimum Gasteiger partial charge on any atom is -0.357 e. The fourth-order valence-electron chi connectivity index (χ4n) is 3.40. The Morgan fingerprint density at radius 1 is 1.12 bits per heavy atom. The Labute approximate surface area is 142 Å². The van der Waals surface area contributed by atoms with Gasteiger partial charge in [0.05, 0.1) is 13.2 Å². The molecule has 1 heterocycles. The van der Waals surface area contributed by atoms with Crippen molar-refractivity contribution in [3.8, 4) is 0 Å². The van der Waals surface area contributed by atoms with Crippen LogP contribution in [0, 0.1) is 0 Å². The topological polar surface area (TPSA) is 46.5 Å². The number of hydrogen-bond acceptors (Lipinski definition) is 3. The molecule has 24 heavy (non-hydrogen) atoms. The van der Waals surface area contributed by atoms with E-state index in [4.69, 9.17) is 4.74 Å². The first-order chi connectivity index (χ1) is 11.6. The number of aliphatic hydroxyl groups is 1. The monoisotopic (exact) mass is 326 g/mol. The van der Waals surface area contributed by atoms with Crippen LogP contribution in [0.2, 0.25) is 0 Å². The maximum atomic E-state index is 12.7. The molecule has 2 aromatic rings. The van der Waals surface area contributed by atoms with Gasteiger partial charge in [0.15, 0.2) is 0 Å². The fraction of sp³-hybridized carbons (Fsp3) is 0.350. The number of benzene rings is 2. The largest absolute Gasteiger partial charge is 0.357 e. The Balaban J connectivity index is 1.83. The Bertz CT molecular complexity index is 689. The summed E-state index contributed by atoms with van der Waals surface area (Å²) in [6, 6.07) is 18.8. The molecule has 1 fully saturated rings. The molecule has 3 rings (SSSR count). The van der Waals surface area contributed by atoms with Crippen LogP contribution in [0.25, 0.3) is 0 Å². The van der Waals surface area contributed by atoms with Gasteiger partial charge in [0.1, 0.15) is 19.6 Å². The molecule has 0 saturated carbocycles. The summed E-state index contributed by atoms with van der Waals surface area (Å²) in [6.45, 7) is 4.75. The van der Waals surface area contributed by atoms with Gasteiger partial charge < -0.3 is 14.3 Å². The highest BCUT2D eigenvalue weighted by atomic mass is 16.6. The lowest BCUT2D eigenvalue weighted by Gasteiger charge is -2.46. The number of ketones is 1. The second kappa shape index (κ2) is 6.85. The van der Waals surface area contributed by atoms with Crippen LogP contribution in [0.5, 0.6) is 0 Å². The highest BCUT2D eigenvalue weighted by Gasteiger charge is 2.46. The number of rotatable bonds is 5. The van der Waals surface area contributed by atoms with Crippen molar-refractivity contribution in [3.05, 3.63) is 71.8 Å². The van der Waals surface area contributed by atoms with Crippen LogP contribution in [-0.2, 0) is 10.5 Å². The average molecular weight is 326 g/mol. The van der Waals surface area contributed by atoms with Gasteiger partial charge in [-0.25, -0.2) is 0 Å². The molecule has 1 aliphatic heterocycles. The second-order valence-electron chi connectivity index (χ2n) is 6.49. The summed E-state index contributed by atoms with van der Waals surface area (Å²) >= 11 is 0. The summed E-state index contributed by atoms with van der Waals surface area (Å²) in [5.41, 5.74) is 1.46. The van der Waals surface area contributed by atoms with E-state index in [9.17, 15) is 9.90 Å². The minimum absolute atomic E-state index is 0.106. The molecule has 0 bridgehead atoms. The van der Waals surface area contributed by atoms with Crippen LogP contribution in [0.3, 0.4) is 0 Å². The zero-order valence-corrected chi connectivity index (χ0v) is 14.0. The van der Waals surface area contributed by atoms with Crippen LogP contribution in [0.15, 0.2) is 60.7 Å². The Morgan fingerprint density at radius 3 is 2.38 bits per heavy atom. The first-order valence-electron chi connectivity index (χ1n) is 8.42. The van der Waals surface area contributed by atoms with Crippen molar-refractivity contribution in [2.75, 3.05) is 32.8 Å². The Morgan fingerprint density at radius 2 is 1.75 bits per heavy atom. The lowest BCUT2D eigenvalue weighted by Crippen LogP contribution is -2.63. The van der Waals surface area contributed by atoms with Crippen molar-refractivity contribution >= 4 is 5.78 Å². The number of Topliss-reactive ketones (excluding diaryl/α,β-unsaturated/α-hetero) is 1. The number of carbonyl (C=O) groups is 1. The third-order valence-electron chi connectivity index (χ3n) is 4.93. The van der Waals surface area contributed by atoms with E-state index in [1.54, 1.807) is 0 Å². The zero-order chi connectivity index (χ0) is 17.0. The van der Waals surface area contributed by atoms with Crippen LogP contribution in [-0.4, -0.2) is 48.2 Å². The van der Waals surface area contributed by atoms with Crippen molar-refractivity contribution in [2.45, 2.75) is 12.7 Å². The van der Waals surface area contributed by atoms with Crippen LogP contribution >= 0.6 is 0 Å². The zero-order valence-electron chi connectivity index (χ0n) is 14.0. The molecule has 1 N–H and O–H groups in total. The number of morpholine rings is 1. The van der Waals surface area contributed by atoms with Gasteiger partial charge in [-0.3, -0.25) is 4.79 Å². The summed E-state index contributed by atoms with van der Waals surface area (Å²) < 4.78 is 6.25. The van der Waals surface area contributed by atoms with Gasteiger partial charge in [0.25, 0.3) is 0 Å². The van der Waals surface area contributed by atoms with Crippen molar-refractivity contribution in [1.29, 1.82) is 0 Å². The molecule has 2 atom stereocenters. The molecule has 0 radical (unpaired) electrons. The SMILES string of the molecule is CC[N+]1(CC(=O)c2ccccc2)CCO[C@](O)(c2ccccc2)C1. The van der Waals surface area contributed by atoms with E-state index in [1.165, 1.54) is 0 Å². The van der Waals surface area contributed by atoms with E-state index in [1.807, 2.05) is 60.7 Å². The van der Waals surface area contributed by atoms with Gasteiger partial charge in [0.2, 0.25) is 11.6 Å². The van der Waals surface area contributed by atoms with Gasteiger partial charge in [-0.1, -0.05) is 60.7 Å². The van der Waals surface area contributed by atoms with Gasteiger partial charge in [-0.05, 0) is 6.92 Å². The van der Waals surface area contributed by atoms with Gasteiger partial charge in [-0.15, -0.1) is 0 Å². The maximum absolute atomic E-state index is 12.7. The number of likely N-dealkylation sites (N-methyl/N-ethyl adjacent to an activating group) is 1.